The second-order valence-electron chi connectivity index (χ2n) is 9.55. The van der Waals surface area contributed by atoms with E-state index in [9.17, 15) is 9.90 Å². The van der Waals surface area contributed by atoms with Crippen molar-refractivity contribution < 1.29 is 14.6 Å². The molecule has 2 unspecified atom stereocenters. The molecule has 1 aromatic carbocycles. The first-order valence-electron chi connectivity index (χ1n) is 10.8. The Labute approximate surface area is 179 Å². The summed E-state index contributed by atoms with van der Waals surface area (Å²) in [6.45, 7) is 10.2. The summed E-state index contributed by atoms with van der Waals surface area (Å²) >= 11 is 0. The van der Waals surface area contributed by atoms with Crippen molar-refractivity contribution in [3.63, 3.8) is 0 Å². The monoisotopic (exact) mass is 410 g/mol. The first-order chi connectivity index (χ1) is 14.1. The van der Waals surface area contributed by atoms with Crippen LogP contribution in [0.5, 0.6) is 0 Å². The van der Waals surface area contributed by atoms with Crippen LogP contribution in [0.1, 0.15) is 71.2 Å². The lowest BCUT2D eigenvalue weighted by atomic mass is 9.79. The molecule has 0 radical (unpaired) electrons. The van der Waals surface area contributed by atoms with E-state index in [4.69, 9.17) is 9.84 Å². The minimum absolute atomic E-state index is 0.596. The van der Waals surface area contributed by atoms with Gasteiger partial charge in [-0.15, -0.1) is 0 Å². The number of hydrogen-bond acceptors (Lipinski definition) is 3. The standard InChI is InChI=1S/C25H34N2O3/c1-16(2)17-12-14-18(15-13-17)20-21(19-10-8-7-9-11-19)26-27(6)22(20)23(24(28)29)30-25(3,4)5/h7-11,14,16-17,23H,12-13,15H2,1-6H3,(H,28,29). The molecule has 1 aliphatic rings. The Balaban J connectivity index is 2.18. The summed E-state index contributed by atoms with van der Waals surface area (Å²) in [7, 11) is 1.81. The number of hydrogen-bond donors (Lipinski definition) is 1. The van der Waals surface area contributed by atoms with Crippen LogP contribution in [0.4, 0.5) is 0 Å². The maximum Gasteiger partial charge on any atom is 0.339 e. The van der Waals surface area contributed by atoms with E-state index in [2.05, 4.69) is 19.9 Å². The van der Waals surface area contributed by atoms with Crippen LogP contribution < -0.4 is 0 Å². The summed E-state index contributed by atoms with van der Waals surface area (Å²) in [6.07, 6.45) is 4.23. The van der Waals surface area contributed by atoms with Gasteiger partial charge in [0.15, 0.2) is 6.10 Å². The van der Waals surface area contributed by atoms with E-state index >= 15 is 0 Å². The summed E-state index contributed by atoms with van der Waals surface area (Å²) in [4.78, 5) is 12.3. The molecule has 0 saturated carbocycles. The van der Waals surface area contributed by atoms with Gasteiger partial charge in [0, 0.05) is 18.2 Å². The molecular formula is C25H34N2O3. The Bertz CT molecular complexity index is 920. The number of ether oxygens (including phenoxy) is 1. The molecule has 30 heavy (non-hydrogen) atoms. The summed E-state index contributed by atoms with van der Waals surface area (Å²) < 4.78 is 7.71. The van der Waals surface area contributed by atoms with Crippen LogP contribution in [-0.4, -0.2) is 26.5 Å². The van der Waals surface area contributed by atoms with Crippen LogP contribution in [0, 0.1) is 11.8 Å². The summed E-state index contributed by atoms with van der Waals surface area (Å²) in [5.74, 6) is 0.307. The molecule has 1 aromatic heterocycles. The Morgan fingerprint density at radius 3 is 2.40 bits per heavy atom. The quantitative estimate of drug-likeness (QED) is 0.647. The fourth-order valence-electron chi connectivity index (χ4n) is 4.22. The van der Waals surface area contributed by atoms with Gasteiger partial charge < -0.3 is 9.84 Å². The van der Waals surface area contributed by atoms with Gasteiger partial charge in [0.25, 0.3) is 0 Å². The number of nitrogens with zero attached hydrogens (tertiary/aromatic N) is 2. The highest BCUT2D eigenvalue weighted by Gasteiger charge is 2.35. The van der Waals surface area contributed by atoms with E-state index in [1.165, 1.54) is 5.57 Å². The third-order valence-electron chi connectivity index (χ3n) is 5.80. The predicted molar refractivity (Wildman–Crippen MR) is 120 cm³/mol. The molecule has 0 aliphatic heterocycles. The number of carbonyl (C=O) groups is 1. The number of aromatic nitrogens is 2. The number of allylic oxidation sites excluding steroid dienone is 2. The van der Waals surface area contributed by atoms with Crippen LogP contribution in [-0.2, 0) is 16.6 Å². The van der Waals surface area contributed by atoms with Gasteiger partial charge in [0.2, 0.25) is 0 Å². The highest BCUT2D eigenvalue weighted by molar-refractivity contribution is 5.85. The van der Waals surface area contributed by atoms with Crippen molar-refractivity contribution in [3.8, 4) is 11.3 Å². The molecule has 3 rings (SSSR count). The van der Waals surface area contributed by atoms with Crippen LogP contribution in [0.3, 0.4) is 0 Å². The maximum absolute atomic E-state index is 12.3. The van der Waals surface area contributed by atoms with Gasteiger partial charge in [0.1, 0.15) is 5.69 Å². The summed E-state index contributed by atoms with van der Waals surface area (Å²) in [6, 6.07) is 9.99. The molecule has 5 heteroatoms. The smallest absolute Gasteiger partial charge is 0.339 e. The number of carboxylic acid groups (broad SMARTS) is 1. The average molecular weight is 411 g/mol. The van der Waals surface area contributed by atoms with Crippen molar-refractivity contribution in [3.05, 3.63) is 47.7 Å². The number of carboxylic acids is 1. The molecule has 5 nitrogen and oxygen atoms in total. The number of benzene rings is 1. The van der Waals surface area contributed by atoms with Crippen LogP contribution in [0.2, 0.25) is 0 Å². The van der Waals surface area contributed by atoms with E-state index in [-0.39, 0.29) is 0 Å². The lowest BCUT2D eigenvalue weighted by molar-refractivity contribution is -0.161. The summed E-state index contributed by atoms with van der Waals surface area (Å²) in [5, 5.41) is 14.8. The molecule has 2 aromatic rings. The first kappa shape index (κ1) is 22.3. The van der Waals surface area contributed by atoms with Crippen molar-refractivity contribution in [1.29, 1.82) is 0 Å². The zero-order chi connectivity index (χ0) is 22.1. The van der Waals surface area contributed by atoms with Crippen molar-refractivity contribution in [1.82, 2.24) is 9.78 Å². The molecule has 2 atom stereocenters. The maximum atomic E-state index is 12.3. The lowest BCUT2D eigenvalue weighted by Gasteiger charge is -2.28. The third-order valence-corrected chi connectivity index (χ3v) is 5.80. The Kier molecular flexibility index (Phi) is 6.51. The van der Waals surface area contributed by atoms with Crippen molar-refractivity contribution in [2.75, 3.05) is 0 Å². The van der Waals surface area contributed by atoms with Gasteiger partial charge in [-0.25, -0.2) is 4.79 Å². The number of aryl methyl sites for hydroxylation is 1. The molecule has 1 aliphatic carbocycles. The zero-order valence-corrected chi connectivity index (χ0v) is 19.0. The van der Waals surface area contributed by atoms with Gasteiger partial charge in [-0.1, -0.05) is 50.3 Å². The summed E-state index contributed by atoms with van der Waals surface area (Å²) in [5.41, 5.74) is 3.93. The minimum atomic E-state index is -1.08. The molecule has 1 N–H and O–H groups in total. The van der Waals surface area contributed by atoms with Crippen molar-refractivity contribution in [2.24, 2.45) is 18.9 Å². The Morgan fingerprint density at radius 2 is 1.90 bits per heavy atom. The molecule has 0 amide bonds. The van der Waals surface area contributed by atoms with E-state index in [1.54, 1.807) is 4.68 Å². The fourth-order valence-corrected chi connectivity index (χ4v) is 4.22. The van der Waals surface area contributed by atoms with Gasteiger partial charge >= 0.3 is 5.97 Å². The average Bonchev–Trinajstić information content (AvgIpc) is 3.03. The second kappa shape index (κ2) is 8.76. The minimum Gasteiger partial charge on any atom is -0.479 e. The highest BCUT2D eigenvalue weighted by Crippen LogP contribution is 2.42. The zero-order valence-electron chi connectivity index (χ0n) is 19.0. The molecule has 0 fully saturated rings. The molecule has 162 valence electrons. The van der Waals surface area contributed by atoms with E-state index in [1.807, 2.05) is 58.2 Å². The molecule has 0 saturated heterocycles. The van der Waals surface area contributed by atoms with Gasteiger partial charge in [-0.05, 0) is 57.4 Å². The highest BCUT2D eigenvalue weighted by atomic mass is 16.5. The Morgan fingerprint density at radius 1 is 1.23 bits per heavy atom. The van der Waals surface area contributed by atoms with Crippen molar-refractivity contribution in [2.45, 2.75) is 65.6 Å². The van der Waals surface area contributed by atoms with Gasteiger partial charge in [-0.2, -0.15) is 5.10 Å². The van der Waals surface area contributed by atoms with E-state index in [0.717, 1.165) is 36.1 Å². The second-order valence-corrected chi connectivity index (χ2v) is 9.55. The predicted octanol–water partition coefficient (Wildman–Crippen LogP) is 5.87. The van der Waals surface area contributed by atoms with E-state index < -0.39 is 17.7 Å². The molecular weight excluding hydrogens is 376 g/mol. The largest absolute Gasteiger partial charge is 0.479 e. The van der Waals surface area contributed by atoms with Crippen molar-refractivity contribution >= 4 is 11.5 Å². The van der Waals surface area contributed by atoms with Crippen LogP contribution in [0.15, 0.2) is 36.4 Å². The van der Waals surface area contributed by atoms with Gasteiger partial charge in [-0.3, -0.25) is 4.68 Å². The lowest BCUT2D eigenvalue weighted by Crippen LogP contribution is -2.29. The first-order valence-corrected chi connectivity index (χ1v) is 10.8. The third kappa shape index (κ3) is 4.84. The van der Waals surface area contributed by atoms with Crippen LogP contribution >= 0.6 is 0 Å². The normalized spacial score (nSPS) is 18.4. The fraction of sp³-hybridized carbons (Fsp3) is 0.520. The van der Waals surface area contributed by atoms with Crippen LogP contribution in [0.25, 0.3) is 16.8 Å². The molecule has 0 bridgehead atoms. The number of aliphatic carboxylic acids is 1. The van der Waals surface area contributed by atoms with Gasteiger partial charge in [0.05, 0.1) is 11.3 Å². The number of rotatable bonds is 6. The molecule has 0 spiro atoms. The van der Waals surface area contributed by atoms with E-state index in [0.29, 0.717) is 17.5 Å². The topological polar surface area (TPSA) is 64.4 Å². The Hall–Kier alpha value is -2.40. The SMILES string of the molecule is CC(C)C1CC=C(c2c(-c3ccccc3)nn(C)c2C(OC(C)(C)C)C(=O)O)CC1. The molecule has 1 heterocycles.